The molecule has 0 saturated heterocycles. The summed E-state index contributed by atoms with van der Waals surface area (Å²) in [6, 6.07) is 4.25. The van der Waals surface area contributed by atoms with E-state index >= 15 is 0 Å². The van der Waals surface area contributed by atoms with E-state index in [0.717, 1.165) is 25.8 Å². The largest absolute Gasteiger partial charge is 0.351 e. The van der Waals surface area contributed by atoms with Gasteiger partial charge in [-0.1, -0.05) is 26.7 Å². The van der Waals surface area contributed by atoms with E-state index in [1.54, 1.807) is 11.3 Å². The fraction of sp³-hybridized carbons (Fsp3) is 0.688. The molecule has 1 amide bonds. The first-order valence-corrected chi connectivity index (χ1v) is 8.55. The van der Waals surface area contributed by atoms with E-state index in [4.69, 9.17) is 5.73 Å². The van der Waals surface area contributed by atoms with Crippen LogP contribution < -0.4 is 11.1 Å². The smallest absolute Gasteiger partial charge is 0.220 e. The molecule has 0 radical (unpaired) electrons. The standard InChI is InChI=1S/C16H28N2OS/c1-3-5-13(10-11-17)6-9-16(19)18-12-15-8-7-14(4-2)20-15/h7-8,13H,3-6,9-12,17H2,1-2H3,(H,18,19). The minimum Gasteiger partial charge on any atom is -0.351 e. The van der Waals surface area contributed by atoms with E-state index in [9.17, 15) is 4.79 Å². The van der Waals surface area contributed by atoms with Crippen LogP contribution in [-0.4, -0.2) is 12.5 Å². The Morgan fingerprint density at radius 3 is 2.60 bits per heavy atom. The quantitative estimate of drug-likeness (QED) is 0.694. The van der Waals surface area contributed by atoms with E-state index in [1.165, 1.54) is 22.6 Å². The third kappa shape index (κ3) is 6.53. The summed E-state index contributed by atoms with van der Waals surface area (Å²) in [6.07, 6.45) is 6.02. The SMILES string of the molecule is CCCC(CCN)CCC(=O)NCc1ccc(CC)s1. The van der Waals surface area contributed by atoms with Gasteiger partial charge in [-0.25, -0.2) is 0 Å². The van der Waals surface area contributed by atoms with Crippen molar-refractivity contribution in [3.05, 3.63) is 21.9 Å². The Morgan fingerprint density at radius 2 is 2.00 bits per heavy atom. The lowest BCUT2D eigenvalue weighted by Crippen LogP contribution is -2.23. The molecule has 20 heavy (non-hydrogen) atoms. The molecule has 114 valence electrons. The topological polar surface area (TPSA) is 55.1 Å². The molecule has 0 bridgehead atoms. The molecule has 1 aromatic heterocycles. The van der Waals surface area contributed by atoms with Gasteiger partial charge in [0.25, 0.3) is 0 Å². The lowest BCUT2D eigenvalue weighted by molar-refractivity contribution is -0.121. The van der Waals surface area contributed by atoms with Crippen LogP contribution in [0.5, 0.6) is 0 Å². The highest BCUT2D eigenvalue weighted by atomic mass is 32.1. The first-order chi connectivity index (χ1) is 9.69. The second-order valence-corrected chi connectivity index (χ2v) is 6.52. The summed E-state index contributed by atoms with van der Waals surface area (Å²) in [4.78, 5) is 14.5. The Kier molecular flexibility index (Phi) is 8.54. The monoisotopic (exact) mass is 296 g/mol. The Bertz CT molecular complexity index is 384. The number of aryl methyl sites for hydroxylation is 1. The molecule has 0 aliphatic carbocycles. The van der Waals surface area contributed by atoms with Crippen molar-refractivity contribution >= 4 is 17.2 Å². The van der Waals surface area contributed by atoms with E-state index < -0.39 is 0 Å². The van der Waals surface area contributed by atoms with Gasteiger partial charge in [0.1, 0.15) is 0 Å². The predicted octanol–water partition coefficient (Wildman–Crippen LogP) is 3.47. The lowest BCUT2D eigenvalue weighted by atomic mass is 9.94. The van der Waals surface area contributed by atoms with Gasteiger partial charge in [-0.3, -0.25) is 4.79 Å². The first kappa shape index (κ1) is 17.2. The van der Waals surface area contributed by atoms with Crippen LogP contribution in [0.15, 0.2) is 12.1 Å². The molecule has 0 aromatic carbocycles. The molecule has 0 aliphatic heterocycles. The van der Waals surface area contributed by atoms with Crippen LogP contribution in [0.1, 0.15) is 55.7 Å². The van der Waals surface area contributed by atoms with Crippen LogP contribution in [0.2, 0.25) is 0 Å². The maximum absolute atomic E-state index is 11.9. The molecular weight excluding hydrogens is 268 g/mol. The predicted molar refractivity (Wildman–Crippen MR) is 86.8 cm³/mol. The van der Waals surface area contributed by atoms with Crippen molar-refractivity contribution in [2.45, 2.75) is 58.9 Å². The van der Waals surface area contributed by atoms with Crippen molar-refractivity contribution in [2.24, 2.45) is 11.7 Å². The summed E-state index contributed by atoms with van der Waals surface area (Å²) in [5.74, 6) is 0.763. The van der Waals surface area contributed by atoms with Crippen molar-refractivity contribution in [2.75, 3.05) is 6.54 Å². The molecule has 1 heterocycles. The molecule has 4 heteroatoms. The van der Waals surface area contributed by atoms with Crippen LogP contribution in [-0.2, 0) is 17.8 Å². The molecule has 0 fully saturated rings. The van der Waals surface area contributed by atoms with Gasteiger partial charge in [-0.15, -0.1) is 11.3 Å². The third-order valence-corrected chi connectivity index (χ3v) is 4.81. The molecule has 3 nitrogen and oxygen atoms in total. The maximum Gasteiger partial charge on any atom is 0.220 e. The van der Waals surface area contributed by atoms with E-state index in [0.29, 0.717) is 18.9 Å². The maximum atomic E-state index is 11.9. The molecular formula is C16H28N2OS. The van der Waals surface area contributed by atoms with Gasteiger partial charge >= 0.3 is 0 Å². The summed E-state index contributed by atoms with van der Waals surface area (Å²) in [5, 5.41) is 3.02. The van der Waals surface area contributed by atoms with Gasteiger partial charge in [0.2, 0.25) is 5.91 Å². The van der Waals surface area contributed by atoms with Crippen molar-refractivity contribution in [3.63, 3.8) is 0 Å². The molecule has 0 aliphatic rings. The number of carbonyl (C=O) groups is 1. The molecule has 1 atom stereocenters. The summed E-state index contributed by atoms with van der Waals surface area (Å²) in [7, 11) is 0. The van der Waals surface area contributed by atoms with Crippen molar-refractivity contribution in [1.82, 2.24) is 5.32 Å². The third-order valence-electron chi connectivity index (χ3n) is 3.58. The molecule has 1 aromatic rings. The Hall–Kier alpha value is -0.870. The second kappa shape index (κ2) is 9.94. The van der Waals surface area contributed by atoms with Gasteiger partial charge in [0.15, 0.2) is 0 Å². The first-order valence-electron chi connectivity index (χ1n) is 7.73. The minimum atomic E-state index is 0.162. The highest BCUT2D eigenvalue weighted by molar-refractivity contribution is 7.11. The average molecular weight is 296 g/mol. The number of nitrogens with two attached hydrogens (primary N) is 1. The van der Waals surface area contributed by atoms with Gasteiger partial charge in [0, 0.05) is 16.2 Å². The Labute approximate surface area is 127 Å². The molecule has 1 unspecified atom stereocenters. The molecule has 0 saturated carbocycles. The number of hydrogen-bond donors (Lipinski definition) is 2. The summed E-state index contributed by atoms with van der Waals surface area (Å²) >= 11 is 1.78. The Morgan fingerprint density at radius 1 is 1.25 bits per heavy atom. The van der Waals surface area contributed by atoms with Crippen LogP contribution in [0.3, 0.4) is 0 Å². The summed E-state index contributed by atoms with van der Waals surface area (Å²) in [5.41, 5.74) is 5.62. The Balaban J connectivity index is 2.25. The normalized spacial score (nSPS) is 12.3. The molecule has 0 spiro atoms. The summed E-state index contributed by atoms with van der Waals surface area (Å²) < 4.78 is 0. The zero-order valence-corrected chi connectivity index (χ0v) is 13.6. The van der Waals surface area contributed by atoms with E-state index in [2.05, 4.69) is 31.3 Å². The number of hydrogen-bond acceptors (Lipinski definition) is 3. The van der Waals surface area contributed by atoms with Crippen LogP contribution >= 0.6 is 11.3 Å². The highest BCUT2D eigenvalue weighted by Crippen LogP contribution is 2.18. The van der Waals surface area contributed by atoms with Gasteiger partial charge < -0.3 is 11.1 Å². The zero-order valence-electron chi connectivity index (χ0n) is 12.8. The molecule has 1 rings (SSSR count). The molecule has 3 N–H and O–H groups in total. The number of rotatable bonds is 10. The van der Waals surface area contributed by atoms with Crippen molar-refractivity contribution in [3.8, 4) is 0 Å². The average Bonchev–Trinajstić information content (AvgIpc) is 2.91. The van der Waals surface area contributed by atoms with E-state index in [-0.39, 0.29) is 5.91 Å². The zero-order chi connectivity index (χ0) is 14.8. The fourth-order valence-electron chi connectivity index (χ4n) is 2.39. The van der Waals surface area contributed by atoms with Crippen molar-refractivity contribution < 1.29 is 4.79 Å². The highest BCUT2D eigenvalue weighted by Gasteiger charge is 2.10. The van der Waals surface area contributed by atoms with Gasteiger partial charge in [0.05, 0.1) is 6.54 Å². The van der Waals surface area contributed by atoms with Crippen LogP contribution in [0.25, 0.3) is 0 Å². The van der Waals surface area contributed by atoms with E-state index in [1.807, 2.05) is 0 Å². The minimum absolute atomic E-state index is 0.162. The van der Waals surface area contributed by atoms with Crippen LogP contribution in [0.4, 0.5) is 0 Å². The number of amides is 1. The van der Waals surface area contributed by atoms with Gasteiger partial charge in [-0.05, 0) is 43.9 Å². The number of thiophene rings is 1. The lowest BCUT2D eigenvalue weighted by Gasteiger charge is -2.14. The summed E-state index contributed by atoms with van der Waals surface area (Å²) in [6.45, 7) is 5.73. The van der Waals surface area contributed by atoms with Crippen LogP contribution in [0, 0.1) is 5.92 Å². The second-order valence-electron chi connectivity index (χ2n) is 5.27. The van der Waals surface area contributed by atoms with Crippen molar-refractivity contribution in [1.29, 1.82) is 0 Å². The number of carbonyl (C=O) groups excluding carboxylic acids is 1. The van der Waals surface area contributed by atoms with Gasteiger partial charge in [-0.2, -0.15) is 0 Å². The number of nitrogens with one attached hydrogen (secondary N) is 1. The fourth-order valence-corrected chi connectivity index (χ4v) is 3.29.